The van der Waals surface area contributed by atoms with Crippen molar-refractivity contribution >= 4 is 5.97 Å². The zero-order chi connectivity index (χ0) is 16.0. The number of aliphatic hydroxyl groups excluding tert-OH is 2. The summed E-state index contributed by atoms with van der Waals surface area (Å²) < 4.78 is 22.3. The van der Waals surface area contributed by atoms with Crippen LogP contribution in [0.15, 0.2) is 0 Å². The van der Waals surface area contributed by atoms with E-state index in [0.29, 0.717) is 0 Å². The highest BCUT2D eigenvalue weighted by Gasteiger charge is 2.58. The molecule has 0 aromatic heterocycles. The van der Waals surface area contributed by atoms with Crippen LogP contribution in [0.5, 0.6) is 0 Å². The first-order valence-electron chi connectivity index (χ1n) is 7.06. The first-order chi connectivity index (χ1) is 9.55. The first kappa shape index (κ1) is 16.6. The molecule has 2 N–H and O–H groups in total. The molecule has 7 heteroatoms. The fraction of sp³-hybridized carbons (Fsp3) is 0.929. The second-order valence-corrected chi connectivity index (χ2v) is 6.94. The average Bonchev–Trinajstić information content (AvgIpc) is 2.80. The van der Waals surface area contributed by atoms with Gasteiger partial charge >= 0.3 is 5.97 Å². The molecule has 0 radical (unpaired) electrons. The molecule has 21 heavy (non-hydrogen) atoms. The predicted molar refractivity (Wildman–Crippen MR) is 71.1 cm³/mol. The van der Waals surface area contributed by atoms with E-state index in [1.165, 1.54) is 0 Å². The van der Waals surface area contributed by atoms with Crippen molar-refractivity contribution in [2.24, 2.45) is 5.41 Å². The molecule has 122 valence electrons. The van der Waals surface area contributed by atoms with Crippen LogP contribution in [0.4, 0.5) is 0 Å². The fourth-order valence-corrected chi connectivity index (χ4v) is 2.35. The number of esters is 1. The molecule has 2 aliphatic rings. The van der Waals surface area contributed by atoms with Gasteiger partial charge in [-0.1, -0.05) is 0 Å². The van der Waals surface area contributed by atoms with E-state index >= 15 is 0 Å². The Kier molecular flexibility index (Phi) is 4.34. The third kappa shape index (κ3) is 3.37. The molecular weight excluding hydrogens is 280 g/mol. The van der Waals surface area contributed by atoms with Gasteiger partial charge in [0.2, 0.25) is 0 Å². The summed E-state index contributed by atoms with van der Waals surface area (Å²) in [6, 6.07) is 0. The molecule has 2 fully saturated rings. The molecular formula is C14H24O7. The molecule has 0 aliphatic carbocycles. The monoisotopic (exact) mass is 304 g/mol. The van der Waals surface area contributed by atoms with Crippen LogP contribution in [0, 0.1) is 5.41 Å². The highest BCUT2D eigenvalue weighted by atomic mass is 16.8. The summed E-state index contributed by atoms with van der Waals surface area (Å²) in [5.41, 5.74) is -0.693. The molecule has 2 aliphatic heterocycles. The van der Waals surface area contributed by atoms with E-state index < -0.39 is 54.5 Å². The van der Waals surface area contributed by atoms with Crippen LogP contribution in [0.3, 0.4) is 0 Å². The zero-order valence-corrected chi connectivity index (χ0v) is 13.0. The topological polar surface area (TPSA) is 94.5 Å². The van der Waals surface area contributed by atoms with Gasteiger partial charge in [-0.2, -0.15) is 0 Å². The van der Waals surface area contributed by atoms with Gasteiger partial charge in [-0.25, -0.2) is 0 Å². The van der Waals surface area contributed by atoms with Gasteiger partial charge in [0.05, 0.1) is 12.0 Å². The summed E-state index contributed by atoms with van der Waals surface area (Å²) >= 11 is 0. The predicted octanol–water partition coefficient (Wildman–Crippen LogP) is 0.174. The summed E-state index contributed by atoms with van der Waals surface area (Å²) in [6.45, 7) is 8.16. The van der Waals surface area contributed by atoms with Crippen LogP contribution >= 0.6 is 0 Å². The minimum Gasteiger partial charge on any atom is -0.456 e. The maximum atomic E-state index is 12.1. The zero-order valence-electron chi connectivity index (χ0n) is 13.0. The quantitative estimate of drug-likeness (QED) is 0.718. The van der Waals surface area contributed by atoms with Crippen LogP contribution in [0.25, 0.3) is 0 Å². The van der Waals surface area contributed by atoms with Gasteiger partial charge in [-0.15, -0.1) is 0 Å². The lowest BCUT2D eigenvalue weighted by Crippen LogP contribution is -2.46. The second-order valence-electron chi connectivity index (χ2n) is 6.94. The van der Waals surface area contributed by atoms with E-state index in [9.17, 15) is 9.90 Å². The SMILES string of the molecule is CC1(C)OC2O[C@H]([C@H](O)CO)[C@H](OC(=O)C(C)(C)C)[C@H]2O1. The highest BCUT2D eigenvalue weighted by Crippen LogP contribution is 2.40. The standard InChI is InChI=1S/C14H24O7/c1-13(2,3)12(17)19-9-8(7(16)6-15)18-11-10(9)20-14(4,5)21-11/h7-11,15-16H,6H2,1-5H3/t7-,8-,9+,10-,11?/m1/s1. The molecule has 0 spiro atoms. The van der Waals surface area contributed by atoms with Crippen molar-refractivity contribution in [3.63, 3.8) is 0 Å². The first-order valence-corrected chi connectivity index (χ1v) is 7.06. The largest absolute Gasteiger partial charge is 0.456 e. The molecule has 0 amide bonds. The Morgan fingerprint density at radius 2 is 1.95 bits per heavy atom. The minimum absolute atomic E-state index is 0.430. The third-order valence-electron chi connectivity index (χ3n) is 3.45. The summed E-state index contributed by atoms with van der Waals surface area (Å²) in [7, 11) is 0. The van der Waals surface area contributed by atoms with Gasteiger partial charge < -0.3 is 29.2 Å². The van der Waals surface area contributed by atoms with Gasteiger partial charge in [-0.05, 0) is 34.6 Å². The highest BCUT2D eigenvalue weighted by molar-refractivity contribution is 5.75. The molecule has 7 nitrogen and oxygen atoms in total. The van der Waals surface area contributed by atoms with Gasteiger partial charge in [-0.3, -0.25) is 4.79 Å². The second kappa shape index (κ2) is 5.48. The van der Waals surface area contributed by atoms with Crippen molar-refractivity contribution in [2.75, 3.05) is 6.61 Å². The molecule has 1 unspecified atom stereocenters. The molecule has 0 bridgehead atoms. The number of hydrogen-bond donors (Lipinski definition) is 2. The number of hydrogen-bond acceptors (Lipinski definition) is 7. The lowest BCUT2D eigenvalue weighted by atomic mass is 9.97. The maximum absolute atomic E-state index is 12.1. The minimum atomic E-state index is -1.18. The summed E-state index contributed by atoms with van der Waals surface area (Å²) in [5.74, 6) is -1.28. The van der Waals surface area contributed by atoms with Crippen molar-refractivity contribution in [3.05, 3.63) is 0 Å². The van der Waals surface area contributed by atoms with Crippen LogP contribution in [0.2, 0.25) is 0 Å². The number of aliphatic hydroxyl groups is 2. The van der Waals surface area contributed by atoms with E-state index in [1.54, 1.807) is 34.6 Å². The van der Waals surface area contributed by atoms with Gasteiger partial charge in [0, 0.05) is 0 Å². The molecule has 5 atom stereocenters. The normalized spacial score (nSPS) is 36.3. The van der Waals surface area contributed by atoms with E-state index in [4.69, 9.17) is 24.1 Å². The van der Waals surface area contributed by atoms with Crippen LogP contribution in [-0.2, 0) is 23.7 Å². The third-order valence-corrected chi connectivity index (χ3v) is 3.45. The lowest BCUT2D eigenvalue weighted by Gasteiger charge is -2.29. The van der Waals surface area contributed by atoms with Crippen molar-refractivity contribution in [3.8, 4) is 0 Å². The van der Waals surface area contributed by atoms with E-state index in [-0.39, 0.29) is 0 Å². The summed E-state index contributed by atoms with van der Waals surface area (Å²) in [5, 5.41) is 19.0. The van der Waals surface area contributed by atoms with E-state index in [0.717, 1.165) is 0 Å². The van der Waals surface area contributed by atoms with E-state index in [1.807, 2.05) is 0 Å². The van der Waals surface area contributed by atoms with Crippen LogP contribution in [0.1, 0.15) is 34.6 Å². The maximum Gasteiger partial charge on any atom is 0.311 e. The van der Waals surface area contributed by atoms with Crippen molar-refractivity contribution in [1.29, 1.82) is 0 Å². The molecule has 2 heterocycles. The van der Waals surface area contributed by atoms with Gasteiger partial charge in [0.15, 0.2) is 24.3 Å². The van der Waals surface area contributed by atoms with Crippen LogP contribution in [-0.4, -0.2) is 59.3 Å². The van der Waals surface area contributed by atoms with Gasteiger partial charge in [0.1, 0.15) is 12.2 Å². The fourth-order valence-electron chi connectivity index (χ4n) is 2.35. The van der Waals surface area contributed by atoms with Crippen LogP contribution < -0.4 is 0 Å². The Labute approximate surface area is 124 Å². The molecule has 0 aromatic carbocycles. The molecule has 0 saturated carbocycles. The molecule has 2 rings (SSSR count). The van der Waals surface area contributed by atoms with E-state index in [2.05, 4.69) is 0 Å². The Hall–Kier alpha value is -0.730. The Balaban J connectivity index is 2.17. The Bertz CT molecular complexity index is 401. The molecule has 0 aromatic rings. The molecule has 2 saturated heterocycles. The summed E-state index contributed by atoms with van der Waals surface area (Å²) in [6.07, 6.45) is -4.25. The van der Waals surface area contributed by atoms with Crippen molar-refractivity contribution in [2.45, 2.75) is 71.1 Å². The number of rotatable bonds is 3. The number of carbonyl (C=O) groups excluding carboxylic acids is 1. The Morgan fingerprint density at radius 1 is 1.33 bits per heavy atom. The average molecular weight is 304 g/mol. The Morgan fingerprint density at radius 3 is 2.48 bits per heavy atom. The van der Waals surface area contributed by atoms with Gasteiger partial charge in [0.25, 0.3) is 0 Å². The smallest absolute Gasteiger partial charge is 0.311 e. The number of carbonyl (C=O) groups is 1. The lowest BCUT2D eigenvalue weighted by molar-refractivity contribution is -0.232. The summed E-state index contributed by atoms with van der Waals surface area (Å²) in [4.78, 5) is 12.1. The number of fused-ring (bicyclic) bond motifs is 1. The van der Waals surface area contributed by atoms with Crippen molar-refractivity contribution < 1.29 is 34.0 Å². The van der Waals surface area contributed by atoms with Crippen molar-refractivity contribution in [1.82, 2.24) is 0 Å². The number of ether oxygens (including phenoxy) is 4.